The highest BCUT2D eigenvalue weighted by Gasteiger charge is 2.27. The molecule has 1 N–H and O–H groups in total. The van der Waals surface area contributed by atoms with Crippen LogP contribution in [0.2, 0.25) is 0 Å². The fourth-order valence-corrected chi connectivity index (χ4v) is 3.88. The van der Waals surface area contributed by atoms with Gasteiger partial charge in [0.15, 0.2) is 0 Å². The standard InChI is InChI=1S/C23H44O2/c1-4-7-18-23(19-8-5-2,20-9-6-3)21-16-14-12-10-11-13-15-17-22(24)25/h15,17H,4-14,16,18-21H2,1-3H3,(H,24,25). The Kier molecular flexibility index (Phi) is 16.1. The maximum Gasteiger partial charge on any atom is 0.327 e. The van der Waals surface area contributed by atoms with Gasteiger partial charge < -0.3 is 5.11 Å². The Hall–Kier alpha value is -0.790. The summed E-state index contributed by atoms with van der Waals surface area (Å²) in [6.07, 6.45) is 24.2. The smallest absolute Gasteiger partial charge is 0.327 e. The summed E-state index contributed by atoms with van der Waals surface area (Å²) in [5, 5.41) is 8.56. The number of aliphatic carboxylic acids is 1. The van der Waals surface area contributed by atoms with Crippen molar-refractivity contribution < 1.29 is 9.90 Å². The Balaban J connectivity index is 4.14. The summed E-state index contributed by atoms with van der Waals surface area (Å²) in [7, 11) is 0. The molecule has 0 rings (SSSR count). The topological polar surface area (TPSA) is 37.3 Å². The summed E-state index contributed by atoms with van der Waals surface area (Å²) < 4.78 is 0. The number of carboxylic acid groups (broad SMARTS) is 1. The molecule has 0 aromatic heterocycles. The van der Waals surface area contributed by atoms with E-state index in [-0.39, 0.29) is 0 Å². The van der Waals surface area contributed by atoms with E-state index in [1.165, 1.54) is 96.0 Å². The molecule has 0 atom stereocenters. The molecular weight excluding hydrogens is 308 g/mol. The van der Waals surface area contributed by atoms with Crippen molar-refractivity contribution in [1.82, 2.24) is 0 Å². The number of allylic oxidation sites excluding steroid dienone is 1. The van der Waals surface area contributed by atoms with Crippen LogP contribution in [0.3, 0.4) is 0 Å². The number of rotatable bonds is 18. The van der Waals surface area contributed by atoms with Gasteiger partial charge in [-0.1, -0.05) is 91.1 Å². The summed E-state index contributed by atoms with van der Waals surface area (Å²) in [4.78, 5) is 10.4. The summed E-state index contributed by atoms with van der Waals surface area (Å²) in [5.74, 6) is -0.831. The molecule has 0 amide bonds. The maximum atomic E-state index is 10.4. The fourth-order valence-electron chi connectivity index (χ4n) is 3.88. The van der Waals surface area contributed by atoms with E-state index in [0.717, 1.165) is 12.8 Å². The molecule has 0 radical (unpaired) electrons. The first-order chi connectivity index (χ1) is 12.1. The monoisotopic (exact) mass is 352 g/mol. The molecule has 0 aromatic rings. The molecular formula is C23H44O2. The van der Waals surface area contributed by atoms with Gasteiger partial charge in [0.05, 0.1) is 0 Å². The van der Waals surface area contributed by atoms with Crippen LogP contribution < -0.4 is 0 Å². The first-order valence-corrected chi connectivity index (χ1v) is 11.0. The van der Waals surface area contributed by atoms with E-state index in [1.54, 1.807) is 6.08 Å². The Morgan fingerprint density at radius 3 is 1.64 bits per heavy atom. The van der Waals surface area contributed by atoms with Gasteiger partial charge in [0, 0.05) is 6.08 Å². The zero-order chi connectivity index (χ0) is 18.8. The van der Waals surface area contributed by atoms with Crippen LogP contribution in [0.4, 0.5) is 0 Å². The van der Waals surface area contributed by atoms with Crippen molar-refractivity contribution >= 4 is 5.97 Å². The van der Waals surface area contributed by atoms with Crippen LogP contribution >= 0.6 is 0 Å². The van der Waals surface area contributed by atoms with Gasteiger partial charge in [-0.15, -0.1) is 0 Å². The minimum Gasteiger partial charge on any atom is -0.478 e. The summed E-state index contributed by atoms with van der Waals surface area (Å²) in [6, 6.07) is 0. The minimum atomic E-state index is -0.831. The third kappa shape index (κ3) is 14.1. The fraction of sp³-hybridized carbons (Fsp3) is 0.870. The molecule has 0 aliphatic rings. The molecule has 2 nitrogen and oxygen atoms in total. The van der Waals surface area contributed by atoms with E-state index in [0.29, 0.717) is 5.41 Å². The Labute approximate surface area is 157 Å². The zero-order valence-corrected chi connectivity index (χ0v) is 17.3. The van der Waals surface area contributed by atoms with Crippen molar-refractivity contribution in [3.8, 4) is 0 Å². The highest BCUT2D eigenvalue weighted by atomic mass is 16.4. The first kappa shape index (κ1) is 24.2. The average Bonchev–Trinajstić information content (AvgIpc) is 2.60. The second kappa shape index (κ2) is 16.7. The molecule has 0 bridgehead atoms. The molecule has 0 aromatic carbocycles. The number of carboxylic acids is 1. The minimum absolute atomic E-state index is 0.617. The molecule has 0 heterocycles. The zero-order valence-electron chi connectivity index (χ0n) is 17.3. The van der Waals surface area contributed by atoms with Crippen LogP contribution in [0.5, 0.6) is 0 Å². The normalized spacial score (nSPS) is 12.1. The van der Waals surface area contributed by atoms with Gasteiger partial charge in [-0.2, -0.15) is 0 Å². The maximum absolute atomic E-state index is 10.4. The number of unbranched alkanes of at least 4 members (excludes halogenated alkanes) is 8. The molecule has 0 saturated heterocycles. The van der Waals surface area contributed by atoms with Gasteiger partial charge in [-0.05, 0) is 43.9 Å². The van der Waals surface area contributed by atoms with Crippen LogP contribution in [0.25, 0.3) is 0 Å². The van der Waals surface area contributed by atoms with E-state index in [4.69, 9.17) is 5.11 Å². The Morgan fingerprint density at radius 2 is 1.16 bits per heavy atom. The largest absolute Gasteiger partial charge is 0.478 e. The predicted molar refractivity (Wildman–Crippen MR) is 110 cm³/mol. The van der Waals surface area contributed by atoms with Crippen molar-refractivity contribution in [2.75, 3.05) is 0 Å². The van der Waals surface area contributed by atoms with Crippen LogP contribution in [0.15, 0.2) is 12.2 Å². The van der Waals surface area contributed by atoms with Gasteiger partial charge >= 0.3 is 5.97 Å². The lowest BCUT2D eigenvalue weighted by atomic mass is 9.71. The number of hydrogen-bond donors (Lipinski definition) is 1. The highest BCUT2D eigenvalue weighted by Crippen LogP contribution is 2.41. The average molecular weight is 353 g/mol. The van der Waals surface area contributed by atoms with Crippen LogP contribution in [-0.2, 0) is 4.79 Å². The summed E-state index contributed by atoms with van der Waals surface area (Å²) in [6.45, 7) is 6.97. The van der Waals surface area contributed by atoms with E-state index >= 15 is 0 Å². The van der Waals surface area contributed by atoms with Crippen molar-refractivity contribution in [3.05, 3.63) is 12.2 Å². The molecule has 2 heteroatoms. The van der Waals surface area contributed by atoms with E-state index in [9.17, 15) is 4.79 Å². The lowest BCUT2D eigenvalue weighted by molar-refractivity contribution is -0.131. The SMILES string of the molecule is CCCCC(CCCC)(CCCC)CCCCCCCC=CC(=O)O. The van der Waals surface area contributed by atoms with E-state index in [2.05, 4.69) is 20.8 Å². The second-order valence-corrected chi connectivity index (χ2v) is 7.86. The van der Waals surface area contributed by atoms with Gasteiger partial charge in [0.2, 0.25) is 0 Å². The van der Waals surface area contributed by atoms with Gasteiger partial charge in [-0.25, -0.2) is 4.79 Å². The van der Waals surface area contributed by atoms with Gasteiger partial charge in [0.1, 0.15) is 0 Å². The van der Waals surface area contributed by atoms with Crippen molar-refractivity contribution in [1.29, 1.82) is 0 Å². The van der Waals surface area contributed by atoms with Gasteiger partial charge in [0.25, 0.3) is 0 Å². The van der Waals surface area contributed by atoms with Crippen LogP contribution in [0.1, 0.15) is 124 Å². The third-order valence-electron chi connectivity index (χ3n) is 5.52. The first-order valence-electron chi connectivity index (χ1n) is 11.0. The molecule has 0 aliphatic heterocycles. The Bertz CT molecular complexity index is 311. The number of carbonyl (C=O) groups is 1. The third-order valence-corrected chi connectivity index (χ3v) is 5.52. The van der Waals surface area contributed by atoms with Crippen molar-refractivity contribution in [2.24, 2.45) is 5.41 Å². The molecule has 25 heavy (non-hydrogen) atoms. The van der Waals surface area contributed by atoms with Gasteiger partial charge in [-0.3, -0.25) is 0 Å². The quantitative estimate of drug-likeness (QED) is 0.201. The van der Waals surface area contributed by atoms with Crippen LogP contribution in [0, 0.1) is 5.41 Å². The van der Waals surface area contributed by atoms with Crippen LogP contribution in [-0.4, -0.2) is 11.1 Å². The summed E-state index contributed by atoms with van der Waals surface area (Å²) in [5.41, 5.74) is 0.617. The second-order valence-electron chi connectivity index (χ2n) is 7.86. The van der Waals surface area contributed by atoms with Crippen molar-refractivity contribution in [2.45, 2.75) is 124 Å². The molecule has 0 aliphatic carbocycles. The lowest BCUT2D eigenvalue weighted by Crippen LogP contribution is -2.21. The number of hydrogen-bond acceptors (Lipinski definition) is 1. The van der Waals surface area contributed by atoms with E-state index in [1.807, 2.05) is 0 Å². The van der Waals surface area contributed by atoms with Crippen molar-refractivity contribution in [3.63, 3.8) is 0 Å². The lowest BCUT2D eigenvalue weighted by Gasteiger charge is -2.35. The Morgan fingerprint density at radius 1 is 0.720 bits per heavy atom. The molecule has 0 saturated carbocycles. The molecule has 0 spiro atoms. The van der Waals surface area contributed by atoms with E-state index < -0.39 is 5.97 Å². The molecule has 0 unspecified atom stereocenters. The molecule has 0 fully saturated rings. The highest BCUT2D eigenvalue weighted by molar-refractivity contribution is 5.79. The molecule has 148 valence electrons. The predicted octanol–water partition coefficient (Wildman–Crippen LogP) is 7.91. The summed E-state index contributed by atoms with van der Waals surface area (Å²) >= 11 is 0.